The van der Waals surface area contributed by atoms with E-state index in [1.165, 1.54) is 6.26 Å². The molecular weight excluding hydrogens is 254 g/mol. The van der Waals surface area contributed by atoms with Crippen LogP contribution in [0.2, 0.25) is 0 Å². The lowest BCUT2D eigenvalue weighted by molar-refractivity contribution is 0.315. The summed E-state index contributed by atoms with van der Waals surface area (Å²) in [6.45, 7) is 1.22. The van der Waals surface area contributed by atoms with E-state index in [1.54, 1.807) is 18.3 Å². The SMILES string of the molecule is CS(=O)(=O)c1cccnc1N1CCC(=NO)CC1. The number of hydrogen-bond acceptors (Lipinski definition) is 6. The molecule has 0 aromatic carbocycles. The number of piperidine rings is 1. The molecule has 2 heterocycles. The molecule has 1 aromatic heterocycles. The van der Waals surface area contributed by atoms with Crippen molar-refractivity contribution < 1.29 is 13.6 Å². The summed E-state index contributed by atoms with van der Waals surface area (Å²) in [4.78, 5) is 6.32. The Bertz CT molecular complexity index is 559. The van der Waals surface area contributed by atoms with Crippen molar-refractivity contribution in [1.82, 2.24) is 4.98 Å². The van der Waals surface area contributed by atoms with Gasteiger partial charge < -0.3 is 10.1 Å². The van der Waals surface area contributed by atoms with E-state index in [9.17, 15) is 8.42 Å². The third-order valence-electron chi connectivity index (χ3n) is 2.93. The van der Waals surface area contributed by atoms with E-state index < -0.39 is 9.84 Å². The maximum Gasteiger partial charge on any atom is 0.179 e. The second kappa shape index (κ2) is 4.93. The predicted molar refractivity (Wildman–Crippen MR) is 68.0 cm³/mol. The Hall–Kier alpha value is -1.63. The van der Waals surface area contributed by atoms with E-state index in [-0.39, 0.29) is 4.90 Å². The fourth-order valence-corrected chi connectivity index (χ4v) is 2.82. The first kappa shape index (κ1) is 12.8. The molecule has 1 fully saturated rings. The van der Waals surface area contributed by atoms with Gasteiger partial charge in [-0.25, -0.2) is 13.4 Å². The highest BCUT2D eigenvalue weighted by atomic mass is 32.2. The predicted octanol–water partition coefficient (Wildman–Crippen LogP) is 0.915. The average Bonchev–Trinajstić information content (AvgIpc) is 2.38. The van der Waals surface area contributed by atoms with Gasteiger partial charge in [-0.3, -0.25) is 0 Å². The smallest absolute Gasteiger partial charge is 0.179 e. The molecule has 1 aliphatic heterocycles. The number of anilines is 1. The summed E-state index contributed by atoms with van der Waals surface area (Å²) >= 11 is 0. The van der Waals surface area contributed by atoms with Crippen LogP contribution < -0.4 is 4.90 Å². The van der Waals surface area contributed by atoms with E-state index in [0.29, 0.717) is 31.7 Å². The van der Waals surface area contributed by atoms with E-state index >= 15 is 0 Å². The van der Waals surface area contributed by atoms with E-state index in [4.69, 9.17) is 5.21 Å². The largest absolute Gasteiger partial charge is 0.411 e. The quantitative estimate of drug-likeness (QED) is 0.637. The van der Waals surface area contributed by atoms with Crippen LogP contribution in [-0.2, 0) is 9.84 Å². The van der Waals surface area contributed by atoms with Crippen LogP contribution in [0.5, 0.6) is 0 Å². The molecule has 0 unspecified atom stereocenters. The normalized spacial score (nSPS) is 16.7. The zero-order valence-corrected chi connectivity index (χ0v) is 10.9. The molecular formula is C11H15N3O3S. The number of rotatable bonds is 2. The summed E-state index contributed by atoms with van der Waals surface area (Å²) in [7, 11) is -3.29. The second-order valence-corrected chi connectivity index (χ2v) is 6.23. The van der Waals surface area contributed by atoms with Crippen LogP contribution in [0.25, 0.3) is 0 Å². The Labute approximate surface area is 106 Å². The first-order valence-electron chi connectivity index (χ1n) is 5.62. The maximum absolute atomic E-state index is 11.7. The topological polar surface area (TPSA) is 82.9 Å². The average molecular weight is 269 g/mol. The van der Waals surface area contributed by atoms with Gasteiger partial charge in [0, 0.05) is 38.4 Å². The molecule has 0 atom stereocenters. The molecule has 1 N–H and O–H groups in total. The fourth-order valence-electron chi connectivity index (χ4n) is 1.99. The van der Waals surface area contributed by atoms with Gasteiger partial charge in [0.2, 0.25) is 0 Å². The molecule has 0 aliphatic carbocycles. The lowest BCUT2D eigenvalue weighted by Crippen LogP contribution is -2.35. The molecule has 6 nitrogen and oxygen atoms in total. The summed E-state index contributed by atoms with van der Waals surface area (Å²) < 4.78 is 23.4. The van der Waals surface area contributed by atoms with Crippen molar-refractivity contribution in [1.29, 1.82) is 0 Å². The molecule has 98 valence electrons. The van der Waals surface area contributed by atoms with E-state index in [1.807, 2.05) is 4.90 Å². The highest BCUT2D eigenvalue weighted by Crippen LogP contribution is 2.24. The monoisotopic (exact) mass is 269 g/mol. The van der Waals surface area contributed by atoms with Gasteiger partial charge >= 0.3 is 0 Å². The molecule has 0 saturated carbocycles. The van der Waals surface area contributed by atoms with Crippen molar-refractivity contribution in [3.05, 3.63) is 18.3 Å². The van der Waals surface area contributed by atoms with Crippen molar-refractivity contribution in [2.45, 2.75) is 17.7 Å². The number of pyridine rings is 1. The van der Waals surface area contributed by atoms with Crippen LogP contribution in [0, 0.1) is 0 Å². The Morgan fingerprint density at radius 2 is 2.06 bits per heavy atom. The third kappa shape index (κ3) is 2.61. The zero-order chi connectivity index (χ0) is 13.2. The number of aromatic nitrogens is 1. The van der Waals surface area contributed by atoms with Crippen LogP contribution in [-0.4, -0.2) is 43.7 Å². The molecule has 2 rings (SSSR count). The number of sulfone groups is 1. The Morgan fingerprint density at radius 1 is 1.39 bits per heavy atom. The van der Waals surface area contributed by atoms with Crippen LogP contribution >= 0.6 is 0 Å². The number of oxime groups is 1. The summed E-state index contributed by atoms with van der Waals surface area (Å²) in [5.74, 6) is 0.483. The van der Waals surface area contributed by atoms with Crippen LogP contribution in [0.4, 0.5) is 5.82 Å². The highest BCUT2D eigenvalue weighted by molar-refractivity contribution is 7.90. The van der Waals surface area contributed by atoms with Crippen LogP contribution in [0.15, 0.2) is 28.4 Å². The van der Waals surface area contributed by atoms with Gasteiger partial charge in [0.1, 0.15) is 10.7 Å². The van der Waals surface area contributed by atoms with Crippen LogP contribution in [0.1, 0.15) is 12.8 Å². The number of hydrogen-bond donors (Lipinski definition) is 1. The first-order valence-corrected chi connectivity index (χ1v) is 7.51. The minimum atomic E-state index is -3.29. The highest BCUT2D eigenvalue weighted by Gasteiger charge is 2.22. The van der Waals surface area contributed by atoms with Crippen molar-refractivity contribution in [3.63, 3.8) is 0 Å². The maximum atomic E-state index is 11.7. The molecule has 0 radical (unpaired) electrons. The van der Waals surface area contributed by atoms with Gasteiger partial charge in [0.15, 0.2) is 9.84 Å². The lowest BCUT2D eigenvalue weighted by Gasteiger charge is -2.29. The molecule has 7 heteroatoms. The molecule has 1 aliphatic rings. The zero-order valence-electron chi connectivity index (χ0n) is 10.1. The summed E-state index contributed by atoms with van der Waals surface area (Å²) in [5.41, 5.74) is 0.739. The third-order valence-corrected chi connectivity index (χ3v) is 4.05. The van der Waals surface area contributed by atoms with Gasteiger partial charge in [-0.2, -0.15) is 0 Å². The minimum absolute atomic E-state index is 0.245. The lowest BCUT2D eigenvalue weighted by atomic mass is 10.1. The molecule has 0 amide bonds. The van der Waals surface area contributed by atoms with Crippen molar-refractivity contribution in [3.8, 4) is 0 Å². The standard InChI is InChI=1S/C11H15N3O3S/c1-18(16,17)10-3-2-6-12-11(10)14-7-4-9(13-15)5-8-14/h2-3,6,15H,4-5,7-8H2,1H3. The van der Waals surface area contributed by atoms with Gasteiger partial charge in [0.25, 0.3) is 0 Å². The van der Waals surface area contributed by atoms with E-state index in [2.05, 4.69) is 10.1 Å². The van der Waals surface area contributed by atoms with Gasteiger partial charge in [-0.15, -0.1) is 0 Å². The minimum Gasteiger partial charge on any atom is -0.411 e. The molecule has 1 aromatic rings. The Balaban J connectivity index is 2.30. The van der Waals surface area contributed by atoms with Crippen molar-refractivity contribution in [2.24, 2.45) is 5.16 Å². The van der Waals surface area contributed by atoms with Gasteiger partial charge in [0.05, 0.1) is 5.71 Å². The molecule has 1 saturated heterocycles. The first-order chi connectivity index (χ1) is 8.52. The molecule has 0 bridgehead atoms. The van der Waals surface area contributed by atoms with Crippen molar-refractivity contribution >= 4 is 21.4 Å². The Morgan fingerprint density at radius 3 is 2.61 bits per heavy atom. The van der Waals surface area contributed by atoms with Gasteiger partial charge in [-0.05, 0) is 12.1 Å². The molecule has 0 spiro atoms. The second-order valence-electron chi connectivity index (χ2n) is 4.25. The summed E-state index contributed by atoms with van der Waals surface area (Å²) in [5, 5.41) is 11.9. The van der Waals surface area contributed by atoms with Gasteiger partial charge in [-0.1, -0.05) is 5.16 Å². The summed E-state index contributed by atoms with van der Waals surface area (Å²) in [6, 6.07) is 3.18. The van der Waals surface area contributed by atoms with Crippen molar-refractivity contribution in [2.75, 3.05) is 24.2 Å². The molecule has 18 heavy (non-hydrogen) atoms. The Kier molecular flexibility index (Phi) is 3.51. The van der Waals surface area contributed by atoms with E-state index in [0.717, 1.165) is 5.71 Å². The fraction of sp³-hybridized carbons (Fsp3) is 0.455. The number of nitrogens with zero attached hydrogens (tertiary/aromatic N) is 3. The van der Waals surface area contributed by atoms with Crippen LogP contribution in [0.3, 0.4) is 0 Å². The summed E-state index contributed by atoms with van der Waals surface area (Å²) in [6.07, 6.45) is 4.00.